The van der Waals surface area contributed by atoms with Crippen LogP contribution in [-0.4, -0.2) is 31.6 Å². The van der Waals surface area contributed by atoms with Crippen molar-refractivity contribution in [3.05, 3.63) is 48.4 Å². The van der Waals surface area contributed by atoms with Gasteiger partial charge in [-0.1, -0.05) is 12.1 Å². The van der Waals surface area contributed by atoms with Gasteiger partial charge >= 0.3 is 0 Å². The van der Waals surface area contributed by atoms with Crippen LogP contribution in [-0.2, 0) is 16.1 Å². The first kappa shape index (κ1) is 17.4. The lowest BCUT2D eigenvalue weighted by molar-refractivity contribution is -0.129. The molecule has 2 amide bonds. The molecular formula is C17H20N2O5. The van der Waals surface area contributed by atoms with Gasteiger partial charge in [0.25, 0.3) is 5.91 Å². The maximum atomic E-state index is 11.9. The normalized spacial score (nSPS) is 11.4. The molecule has 1 heterocycles. The topological polar surface area (TPSA) is 89.8 Å². The molecule has 7 heteroatoms. The third-order valence-electron chi connectivity index (χ3n) is 3.22. The highest BCUT2D eigenvalue weighted by Crippen LogP contribution is 2.25. The standard InChI is InChI=1S/C17H20N2O5/c1-12(17(21)18-10-13-6-5-9-23-13)19-16(20)11-24-15-8-4-3-7-14(15)22-2/h3-9,12H,10-11H2,1-2H3,(H,18,21)(H,19,20)/t12-/m0/s1. The Labute approximate surface area is 139 Å². The number of carbonyl (C=O) groups excluding carboxylic acids is 2. The van der Waals surface area contributed by atoms with Gasteiger partial charge in [-0.3, -0.25) is 9.59 Å². The van der Waals surface area contributed by atoms with Crippen molar-refractivity contribution < 1.29 is 23.5 Å². The second-order valence-corrected chi connectivity index (χ2v) is 5.03. The molecule has 24 heavy (non-hydrogen) atoms. The first-order valence-electron chi connectivity index (χ1n) is 7.45. The summed E-state index contributed by atoms with van der Waals surface area (Å²) >= 11 is 0. The Kier molecular flexibility index (Phi) is 6.24. The van der Waals surface area contributed by atoms with Crippen LogP contribution < -0.4 is 20.1 Å². The van der Waals surface area contributed by atoms with Crippen LogP contribution in [0.15, 0.2) is 47.1 Å². The van der Waals surface area contributed by atoms with E-state index in [1.54, 1.807) is 43.3 Å². The van der Waals surface area contributed by atoms with E-state index in [2.05, 4.69) is 10.6 Å². The summed E-state index contributed by atoms with van der Waals surface area (Å²) in [5.74, 6) is 0.930. The fourth-order valence-corrected chi connectivity index (χ4v) is 1.97. The first-order valence-corrected chi connectivity index (χ1v) is 7.45. The second kappa shape index (κ2) is 8.61. The smallest absolute Gasteiger partial charge is 0.258 e. The molecule has 2 rings (SSSR count). The summed E-state index contributed by atoms with van der Waals surface area (Å²) in [5.41, 5.74) is 0. The summed E-state index contributed by atoms with van der Waals surface area (Å²) in [6, 6.07) is 9.82. The number of hydrogen-bond donors (Lipinski definition) is 2. The summed E-state index contributed by atoms with van der Waals surface area (Å²) in [6.07, 6.45) is 1.53. The van der Waals surface area contributed by atoms with Crippen molar-refractivity contribution in [2.75, 3.05) is 13.7 Å². The molecule has 0 spiro atoms. The minimum atomic E-state index is -0.686. The van der Waals surface area contributed by atoms with Gasteiger partial charge in [0.1, 0.15) is 11.8 Å². The fraction of sp³-hybridized carbons (Fsp3) is 0.294. The third kappa shape index (κ3) is 5.05. The molecule has 0 fully saturated rings. The zero-order valence-corrected chi connectivity index (χ0v) is 13.6. The molecule has 7 nitrogen and oxygen atoms in total. The zero-order valence-electron chi connectivity index (χ0n) is 13.6. The lowest BCUT2D eigenvalue weighted by Gasteiger charge is -2.14. The molecule has 1 aromatic carbocycles. The number of hydrogen-bond acceptors (Lipinski definition) is 5. The minimum Gasteiger partial charge on any atom is -0.493 e. The number of para-hydroxylation sites is 2. The van der Waals surface area contributed by atoms with E-state index >= 15 is 0 Å². The van der Waals surface area contributed by atoms with Gasteiger partial charge in [-0.05, 0) is 31.2 Å². The molecule has 2 N–H and O–H groups in total. The number of benzene rings is 1. The van der Waals surface area contributed by atoms with Gasteiger partial charge in [0.05, 0.1) is 19.9 Å². The Morgan fingerprint density at radius 3 is 2.58 bits per heavy atom. The molecule has 0 unspecified atom stereocenters. The van der Waals surface area contributed by atoms with E-state index in [9.17, 15) is 9.59 Å². The summed E-state index contributed by atoms with van der Waals surface area (Å²) in [6.45, 7) is 1.65. The van der Waals surface area contributed by atoms with Gasteiger partial charge in [0, 0.05) is 0 Å². The summed E-state index contributed by atoms with van der Waals surface area (Å²) in [7, 11) is 1.52. The predicted molar refractivity (Wildman–Crippen MR) is 86.6 cm³/mol. The summed E-state index contributed by atoms with van der Waals surface area (Å²) in [5, 5.41) is 5.24. The van der Waals surface area contributed by atoms with Crippen LogP contribution in [0, 0.1) is 0 Å². The van der Waals surface area contributed by atoms with Crippen LogP contribution in [0.1, 0.15) is 12.7 Å². The maximum absolute atomic E-state index is 11.9. The van der Waals surface area contributed by atoms with Crippen LogP contribution in [0.3, 0.4) is 0 Å². The highest BCUT2D eigenvalue weighted by molar-refractivity contribution is 5.87. The number of furan rings is 1. The SMILES string of the molecule is COc1ccccc1OCC(=O)N[C@@H](C)C(=O)NCc1ccco1. The van der Waals surface area contributed by atoms with Crippen LogP contribution in [0.5, 0.6) is 11.5 Å². The molecule has 0 radical (unpaired) electrons. The van der Waals surface area contributed by atoms with Gasteiger partial charge in [-0.2, -0.15) is 0 Å². The van der Waals surface area contributed by atoms with E-state index in [1.165, 1.54) is 13.4 Å². The van der Waals surface area contributed by atoms with E-state index in [0.29, 0.717) is 17.3 Å². The Morgan fingerprint density at radius 2 is 1.92 bits per heavy atom. The van der Waals surface area contributed by atoms with E-state index < -0.39 is 11.9 Å². The van der Waals surface area contributed by atoms with Gasteiger partial charge in [0.15, 0.2) is 18.1 Å². The molecule has 0 saturated carbocycles. The molecule has 0 aliphatic rings. The molecule has 0 aliphatic carbocycles. The van der Waals surface area contributed by atoms with E-state index in [4.69, 9.17) is 13.9 Å². The molecule has 2 aromatic rings. The Bertz CT molecular complexity index is 669. The zero-order chi connectivity index (χ0) is 17.4. The van der Waals surface area contributed by atoms with Crippen LogP contribution >= 0.6 is 0 Å². The van der Waals surface area contributed by atoms with Crippen molar-refractivity contribution in [1.82, 2.24) is 10.6 Å². The molecular weight excluding hydrogens is 312 g/mol. The summed E-state index contributed by atoms with van der Waals surface area (Å²) in [4.78, 5) is 23.8. The van der Waals surface area contributed by atoms with Crippen LogP contribution in [0.4, 0.5) is 0 Å². The number of amides is 2. The molecule has 0 bridgehead atoms. The van der Waals surface area contributed by atoms with Crippen molar-refractivity contribution in [2.45, 2.75) is 19.5 Å². The highest BCUT2D eigenvalue weighted by Gasteiger charge is 2.16. The molecule has 128 valence electrons. The van der Waals surface area contributed by atoms with Gasteiger partial charge in [0.2, 0.25) is 5.91 Å². The molecule has 0 saturated heterocycles. The predicted octanol–water partition coefficient (Wildman–Crippen LogP) is 1.49. The Hall–Kier alpha value is -2.96. The quantitative estimate of drug-likeness (QED) is 0.764. The average Bonchev–Trinajstić information content (AvgIpc) is 3.11. The molecule has 0 aliphatic heterocycles. The largest absolute Gasteiger partial charge is 0.493 e. The van der Waals surface area contributed by atoms with Crippen molar-refractivity contribution in [3.63, 3.8) is 0 Å². The maximum Gasteiger partial charge on any atom is 0.258 e. The van der Waals surface area contributed by atoms with Crippen LogP contribution in [0.2, 0.25) is 0 Å². The van der Waals surface area contributed by atoms with Crippen molar-refractivity contribution in [2.24, 2.45) is 0 Å². The monoisotopic (exact) mass is 332 g/mol. The lowest BCUT2D eigenvalue weighted by atomic mass is 10.3. The summed E-state index contributed by atoms with van der Waals surface area (Å²) < 4.78 is 15.7. The van der Waals surface area contributed by atoms with E-state index in [-0.39, 0.29) is 19.1 Å². The van der Waals surface area contributed by atoms with Crippen molar-refractivity contribution in [1.29, 1.82) is 0 Å². The number of ether oxygens (including phenoxy) is 2. The first-order chi connectivity index (χ1) is 11.6. The van der Waals surface area contributed by atoms with Gasteiger partial charge < -0.3 is 24.5 Å². The second-order valence-electron chi connectivity index (χ2n) is 5.03. The third-order valence-corrected chi connectivity index (χ3v) is 3.22. The molecule has 1 aromatic heterocycles. The lowest BCUT2D eigenvalue weighted by Crippen LogP contribution is -2.46. The van der Waals surface area contributed by atoms with Gasteiger partial charge in [-0.15, -0.1) is 0 Å². The number of carbonyl (C=O) groups is 2. The number of rotatable bonds is 8. The number of methoxy groups -OCH3 is 1. The van der Waals surface area contributed by atoms with E-state index in [1.807, 2.05) is 0 Å². The minimum absolute atomic E-state index is 0.212. The fourth-order valence-electron chi connectivity index (χ4n) is 1.97. The Balaban J connectivity index is 1.75. The van der Waals surface area contributed by atoms with Crippen molar-refractivity contribution >= 4 is 11.8 Å². The van der Waals surface area contributed by atoms with E-state index in [0.717, 1.165) is 0 Å². The molecule has 1 atom stereocenters. The van der Waals surface area contributed by atoms with Gasteiger partial charge in [-0.25, -0.2) is 0 Å². The Morgan fingerprint density at radius 1 is 1.17 bits per heavy atom. The number of nitrogens with one attached hydrogen (secondary N) is 2. The average molecular weight is 332 g/mol. The highest BCUT2D eigenvalue weighted by atomic mass is 16.5. The van der Waals surface area contributed by atoms with Crippen molar-refractivity contribution in [3.8, 4) is 11.5 Å². The van der Waals surface area contributed by atoms with Crippen LogP contribution in [0.25, 0.3) is 0 Å².